The summed E-state index contributed by atoms with van der Waals surface area (Å²) in [4.78, 5) is 0. The molecule has 4 heteroatoms. The average Bonchev–Trinajstić information content (AvgIpc) is 3.05. The summed E-state index contributed by atoms with van der Waals surface area (Å²) >= 11 is 0. The molecule has 2 aliphatic rings. The largest absolute Gasteiger partial charge is 0.368 e. The lowest BCUT2D eigenvalue weighted by Gasteiger charge is -2.10. The first-order valence-electron chi connectivity index (χ1n) is 6.20. The van der Waals surface area contributed by atoms with Crippen molar-refractivity contribution in [3.05, 3.63) is 17.8 Å². The van der Waals surface area contributed by atoms with Crippen LogP contribution in [0.25, 0.3) is 0 Å². The highest BCUT2D eigenvalue weighted by molar-refractivity contribution is 5.34. The number of hydrogen-bond donors (Lipinski definition) is 2. The maximum atomic E-state index is 4.26. The summed E-state index contributed by atoms with van der Waals surface area (Å²) in [7, 11) is 0. The Morgan fingerprint density at radius 1 is 1.25 bits per heavy atom. The molecule has 1 atom stereocenters. The van der Waals surface area contributed by atoms with Gasteiger partial charge in [0, 0.05) is 12.5 Å². The normalized spacial score (nSPS) is 24.6. The fraction of sp³-hybridized carbons (Fsp3) is 0.667. The highest BCUT2D eigenvalue weighted by Crippen LogP contribution is 2.38. The first-order chi connectivity index (χ1) is 7.92. The van der Waals surface area contributed by atoms with Gasteiger partial charge in [-0.05, 0) is 50.4 Å². The van der Waals surface area contributed by atoms with E-state index in [1.54, 1.807) is 0 Å². The molecule has 1 aliphatic carbocycles. The van der Waals surface area contributed by atoms with E-state index < -0.39 is 0 Å². The highest BCUT2D eigenvalue weighted by Gasteiger charge is 2.25. The fourth-order valence-corrected chi connectivity index (χ4v) is 2.17. The molecular formula is C12H18N4. The van der Waals surface area contributed by atoms with Crippen molar-refractivity contribution in [3.63, 3.8) is 0 Å². The fourth-order valence-electron chi connectivity index (χ4n) is 2.17. The second kappa shape index (κ2) is 4.37. The van der Waals surface area contributed by atoms with Gasteiger partial charge in [-0.3, -0.25) is 0 Å². The van der Waals surface area contributed by atoms with Crippen molar-refractivity contribution in [2.45, 2.75) is 25.2 Å². The Morgan fingerprint density at radius 2 is 2.19 bits per heavy atom. The Morgan fingerprint density at radius 3 is 2.81 bits per heavy atom. The maximum absolute atomic E-state index is 4.26. The lowest BCUT2D eigenvalue weighted by atomic mass is 10.1. The molecule has 2 fully saturated rings. The molecule has 1 aromatic heterocycles. The molecule has 2 N–H and O–H groups in total. The second-order valence-corrected chi connectivity index (χ2v) is 4.86. The van der Waals surface area contributed by atoms with E-state index in [0.29, 0.717) is 5.92 Å². The predicted octanol–water partition coefficient (Wildman–Crippen LogP) is 1.38. The van der Waals surface area contributed by atoms with Crippen LogP contribution in [0.3, 0.4) is 0 Å². The molecule has 3 rings (SSSR count). The van der Waals surface area contributed by atoms with Crippen molar-refractivity contribution in [2.75, 3.05) is 25.0 Å². The first-order valence-corrected chi connectivity index (χ1v) is 6.20. The number of hydrogen-bond acceptors (Lipinski definition) is 4. The third-order valence-electron chi connectivity index (χ3n) is 3.42. The molecule has 0 bridgehead atoms. The van der Waals surface area contributed by atoms with Crippen molar-refractivity contribution in [1.29, 1.82) is 0 Å². The van der Waals surface area contributed by atoms with Crippen LogP contribution in [0.2, 0.25) is 0 Å². The number of rotatable bonds is 4. The molecule has 2 heterocycles. The summed E-state index contributed by atoms with van der Waals surface area (Å²) in [5.74, 6) is 2.35. The molecule has 1 saturated heterocycles. The van der Waals surface area contributed by atoms with Gasteiger partial charge in [0.15, 0.2) is 0 Å². The van der Waals surface area contributed by atoms with E-state index in [2.05, 4.69) is 33.0 Å². The molecule has 0 amide bonds. The van der Waals surface area contributed by atoms with Crippen LogP contribution in [0.4, 0.5) is 5.82 Å². The number of nitrogens with zero attached hydrogens (tertiary/aromatic N) is 2. The molecule has 1 aliphatic heterocycles. The molecule has 0 spiro atoms. The van der Waals surface area contributed by atoms with Gasteiger partial charge in [0.05, 0.1) is 5.69 Å². The lowest BCUT2D eigenvalue weighted by Crippen LogP contribution is -2.17. The SMILES string of the molecule is c1cc(C2CC2)nnc1NCC1CCNC1. The molecule has 86 valence electrons. The average molecular weight is 218 g/mol. The molecule has 4 nitrogen and oxygen atoms in total. The van der Waals surface area contributed by atoms with Crippen molar-refractivity contribution < 1.29 is 0 Å². The van der Waals surface area contributed by atoms with E-state index in [0.717, 1.165) is 37.1 Å². The third-order valence-corrected chi connectivity index (χ3v) is 3.42. The number of anilines is 1. The Balaban J connectivity index is 1.53. The van der Waals surface area contributed by atoms with Gasteiger partial charge in [-0.25, -0.2) is 0 Å². The summed E-state index contributed by atoms with van der Waals surface area (Å²) in [6.45, 7) is 3.28. The molecule has 1 aromatic rings. The lowest BCUT2D eigenvalue weighted by molar-refractivity contribution is 0.613. The van der Waals surface area contributed by atoms with Crippen LogP contribution < -0.4 is 10.6 Å². The maximum Gasteiger partial charge on any atom is 0.148 e. The van der Waals surface area contributed by atoms with Crippen LogP contribution in [-0.2, 0) is 0 Å². The molecule has 0 radical (unpaired) electrons. The second-order valence-electron chi connectivity index (χ2n) is 4.86. The first kappa shape index (κ1) is 10.0. The zero-order chi connectivity index (χ0) is 10.8. The van der Waals surface area contributed by atoms with E-state index in [1.165, 1.54) is 19.3 Å². The van der Waals surface area contributed by atoms with Crippen LogP contribution in [-0.4, -0.2) is 29.8 Å². The summed E-state index contributed by atoms with van der Waals surface area (Å²) in [5, 5.41) is 15.2. The smallest absolute Gasteiger partial charge is 0.148 e. The molecule has 16 heavy (non-hydrogen) atoms. The Kier molecular flexibility index (Phi) is 2.74. The van der Waals surface area contributed by atoms with Crippen LogP contribution in [0.5, 0.6) is 0 Å². The standard InChI is InChI=1S/C12H18N4/c1-2-10(1)11-3-4-12(16-15-11)14-8-9-5-6-13-7-9/h3-4,9-10,13H,1-2,5-8H2,(H,14,16). The highest BCUT2D eigenvalue weighted by atomic mass is 15.2. The number of nitrogens with one attached hydrogen (secondary N) is 2. The quantitative estimate of drug-likeness (QED) is 0.801. The van der Waals surface area contributed by atoms with Crippen LogP contribution >= 0.6 is 0 Å². The van der Waals surface area contributed by atoms with Crippen molar-refractivity contribution >= 4 is 5.82 Å². The van der Waals surface area contributed by atoms with Gasteiger partial charge in [0.2, 0.25) is 0 Å². The van der Waals surface area contributed by atoms with Crippen molar-refractivity contribution in [3.8, 4) is 0 Å². The van der Waals surface area contributed by atoms with Crippen molar-refractivity contribution in [2.24, 2.45) is 5.92 Å². The Labute approximate surface area is 95.8 Å². The van der Waals surface area contributed by atoms with E-state index in [-0.39, 0.29) is 0 Å². The number of aromatic nitrogens is 2. The van der Waals surface area contributed by atoms with Gasteiger partial charge >= 0.3 is 0 Å². The topological polar surface area (TPSA) is 49.8 Å². The summed E-state index contributed by atoms with van der Waals surface area (Å²) in [5.41, 5.74) is 1.16. The Hall–Kier alpha value is -1.16. The predicted molar refractivity (Wildman–Crippen MR) is 63.5 cm³/mol. The minimum absolute atomic E-state index is 0.695. The summed E-state index contributed by atoms with van der Waals surface area (Å²) < 4.78 is 0. The monoisotopic (exact) mass is 218 g/mol. The zero-order valence-corrected chi connectivity index (χ0v) is 9.45. The van der Waals surface area contributed by atoms with Crippen LogP contribution in [0, 0.1) is 5.92 Å². The van der Waals surface area contributed by atoms with Crippen molar-refractivity contribution in [1.82, 2.24) is 15.5 Å². The van der Waals surface area contributed by atoms with E-state index in [4.69, 9.17) is 0 Å². The van der Waals surface area contributed by atoms with Gasteiger partial charge in [-0.15, -0.1) is 5.10 Å². The van der Waals surface area contributed by atoms with Gasteiger partial charge in [0.1, 0.15) is 5.82 Å². The molecule has 1 unspecified atom stereocenters. The molecule has 0 aromatic carbocycles. The van der Waals surface area contributed by atoms with E-state index in [9.17, 15) is 0 Å². The Bertz CT molecular complexity index is 339. The van der Waals surface area contributed by atoms with Gasteiger partial charge in [-0.2, -0.15) is 5.10 Å². The molecule has 1 saturated carbocycles. The third kappa shape index (κ3) is 2.32. The van der Waals surface area contributed by atoms with E-state index in [1.807, 2.05) is 0 Å². The van der Waals surface area contributed by atoms with Crippen LogP contribution in [0.15, 0.2) is 12.1 Å². The van der Waals surface area contributed by atoms with Gasteiger partial charge in [0.25, 0.3) is 0 Å². The van der Waals surface area contributed by atoms with Crippen LogP contribution in [0.1, 0.15) is 30.9 Å². The minimum Gasteiger partial charge on any atom is -0.368 e. The van der Waals surface area contributed by atoms with E-state index >= 15 is 0 Å². The minimum atomic E-state index is 0.695. The zero-order valence-electron chi connectivity index (χ0n) is 9.45. The van der Waals surface area contributed by atoms with Gasteiger partial charge in [-0.1, -0.05) is 0 Å². The summed E-state index contributed by atoms with van der Waals surface area (Å²) in [6.07, 6.45) is 3.84. The molecular weight excluding hydrogens is 200 g/mol. The van der Waals surface area contributed by atoms with Gasteiger partial charge < -0.3 is 10.6 Å². The summed E-state index contributed by atoms with van der Waals surface area (Å²) in [6, 6.07) is 4.17.